The van der Waals surface area contributed by atoms with E-state index in [0.717, 1.165) is 24.5 Å². The number of anilines is 2. The first kappa shape index (κ1) is 12.5. The molecule has 3 rings (SSSR count). The molecular formula is C16H17ClN2. The Morgan fingerprint density at radius 1 is 0.947 bits per heavy atom. The van der Waals surface area contributed by atoms with Crippen molar-refractivity contribution >= 4 is 23.0 Å². The van der Waals surface area contributed by atoms with E-state index < -0.39 is 0 Å². The van der Waals surface area contributed by atoms with Crippen molar-refractivity contribution in [3.63, 3.8) is 0 Å². The van der Waals surface area contributed by atoms with E-state index in [1.165, 1.54) is 11.4 Å². The van der Waals surface area contributed by atoms with Crippen molar-refractivity contribution in [2.24, 2.45) is 0 Å². The molecule has 2 aromatic carbocycles. The molecule has 1 atom stereocenters. The monoisotopic (exact) mass is 272 g/mol. The van der Waals surface area contributed by atoms with E-state index in [0.29, 0.717) is 6.04 Å². The summed E-state index contributed by atoms with van der Waals surface area (Å²) in [5.74, 6) is 0. The minimum absolute atomic E-state index is 0.503. The summed E-state index contributed by atoms with van der Waals surface area (Å²) in [6.45, 7) is 2.11. The quantitative estimate of drug-likeness (QED) is 0.913. The summed E-state index contributed by atoms with van der Waals surface area (Å²) in [6, 6.07) is 19.1. The minimum atomic E-state index is 0.503. The summed E-state index contributed by atoms with van der Waals surface area (Å²) >= 11 is 5.99. The van der Waals surface area contributed by atoms with Crippen LogP contribution in [0.5, 0.6) is 0 Å². The summed E-state index contributed by atoms with van der Waals surface area (Å²) in [5.41, 5.74) is 2.43. The van der Waals surface area contributed by atoms with Gasteiger partial charge in [0.15, 0.2) is 0 Å². The lowest BCUT2D eigenvalue weighted by Crippen LogP contribution is -2.32. The van der Waals surface area contributed by atoms with Gasteiger partial charge in [-0.2, -0.15) is 0 Å². The van der Waals surface area contributed by atoms with Crippen molar-refractivity contribution in [2.45, 2.75) is 12.5 Å². The second-order valence-electron chi connectivity index (χ2n) is 4.83. The first-order valence-electron chi connectivity index (χ1n) is 6.65. The molecule has 2 aromatic rings. The molecule has 1 heterocycles. The van der Waals surface area contributed by atoms with Gasteiger partial charge in [0.2, 0.25) is 0 Å². The predicted molar refractivity (Wildman–Crippen MR) is 81.3 cm³/mol. The second kappa shape index (κ2) is 5.64. The third kappa shape index (κ3) is 2.75. The highest BCUT2D eigenvalue weighted by Crippen LogP contribution is 2.30. The van der Waals surface area contributed by atoms with Gasteiger partial charge in [0, 0.05) is 29.0 Å². The van der Waals surface area contributed by atoms with Crippen LogP contribution in [0.1, 0.15) is 6.42 Å². The zero-order valence-corrected chi connectivity index (χ0v) is 11.5. The van der Waals surface area contributed by atoms with Crippen LogP contribution in [-0.2, 0) is 0 Å². The largest absolute Gasteiger partial charge is 0.337 e. The molecule has 2 nitrogen and oxygen atoms in total. The van der Waals surface area contributed by atoms with Gasteiger partial charge in [0.05, 0.1) is 0 Å². The third-order valence-electron chi connectivity index (χ3n) is 3.54. The van der Waals surface area contributed by atoms with Crippen molar-refractivity contribution in [1.29, 1.82) is 0 Å². The van der Waals surface area contributed by atoms with Gasteiger partial charge in [-0.15, -0.1) is 0 Å². The van der Waals surface area contributed by atoms with Crippen LogP contribution in [0.25, 0.3) is 0 Å². The molecule has 0 radical (unpaired) electrons. The van der Waals surface area contributed by atoms with E-state index >= 15 is 0 Å². The topological polar surface area (TPSA) is 15.3 Å². The number of nitrogens with zero attached hydrogens (tertiary/aromatic N) is 1. The van der Waals surface area contributed by atoms with Gasteiger partial charge >= 0.3 is 0 Å². The highest BCUT2D eigenvalue weighted by molar-refractivity contribution is 6.30. The summed E-state index contributed by atoms with van der Waals surface area (Å²) in [5, 5.41) is 4.21. The molecule has 1 fully saturated rings. The average Bonchev–Trinajstić information content (AvgIpc) is 2.96. The molecule has 0 amide bonds. The highest BCUT2D eigenvalue weighted by atomic mass is 35.5. The van der Waals surface area contributed by atoms with Crippen LogP contribution in [0.2, 0.25) is 5.02 Å². The second-order valence-corrected chi connectivity index (χ2v) is 5.27. The number of benzene rings is 2. The Labute approximate surface area is 119 Å². The number of rotatable bonds is 3. The van der Waals surface area contributed by atoms with Crippen LogP contribution in [0.15, 0.2) is 54.6 Å². The molecule has 0 bridgehead atoms. The van der Waals surface area contributed by atoms with Crippen LogP contribution in [-0.4, -0.2) is 19.1 Å². The van der Waals surface area contributed by atoms with E-state index in [9.17, 15) is 0 Å². The zero-order chi connectivity index (χ0) is 13.1. The molecule has 1 N–H and O–H groups in total. The fraction of sp³-hybridized carbons (Fsp3) is 0.250. The van der Waals surface area contributed by atoms with E-state index in [4.69, 9.17) is 11.6 Å². The maximum atomic E-state index is 5.99. The summed E-state index contributed by atoms with van der Waals surface area (Å²) < 4.78 is 0. The number of para-hydroxylation sites is 1. The van der Waals surface area contributed by atoms with Crippen LogP contribution >= 0.6 is 11.6 Å². The highest BCUT2D eigenvalue weighted by Gasteiger charge is 2.23. The molecule has 1 aliphatic heterocycles. The summed E-state index contributed by atoms with van der Waals surface area (Å²) in [6.07, 6.45) is 1.16. The smallest absolute Gasteiger partial charge is 0.0478 e. The molecule has 0 aromatic heterocycles. The number of hydrogen-bond acceptors (Lipinski definition) is 2. The fourth-order valence-electron chi connectivity index (χ4n) is 2.62. The molecule has 1 saturated heterocycles. The van der Waals surface area contributed by atoms with Gasteiger partial charge in [-0.25, -0.2) is 0 Å². The molecule has 1 aliphatic rings. The first-order chi connectivity index (χ1) is 9.34. The third-order valence-corrected chi connectivity index (χ3v) is 3.79. The van der Waals surface area contributed by atoms with Gasteiger partial charge in [-0.05, 0) is 49.4 Å². The fourth-order valence-corrected chi connectivity index (χ4v) is 2.75. The Hall–Kier alpha value is -1.51. The van der Waals surface area contributed by atoms with Gasteiger partial charge in [-0.3, -0.25) is 0 Å². The molecular weight excluding hydrogens is 256 g/mol. The van der Waals surface area contributed by atoms with E-state index in [-0.39, 0.29) is 0 Å². The molecule has 19 heavy (non-hydrogen) atoms. The van der Waals surface area contributed by atoms with Crippen molar-refractivity contribution in [1.82, 2.24) is 5.32 Å². The van der Waals surface area contributed by atoms with E-state index in [1.54, 1.807) is 0 Å². The van der Waals surface area contributed by atoms with Crippen LogP contribution in [0, 0.1) is 0 Å². The lowest BCUT2D eigenvalue weighted by atomic mass is 10.1. The minimum Gasteiger partial charge on any atom is -0.337 e. The Morgan fingerprint density at radius 2 is 1.63 bits per heavy atom. The average molecular weight is 273 g/mol. The summed E-state index contributed by atoms with van der Waals surface area (Å²) in [7, 11) is 0. The van der Waals surface area contributed by atoms with Gasteiger partial charge in [0.1, 0.15) is 0 Å². The molecule has 3 heteroatoms. The molecule has 0 saturated carbocycles. The normalized spacial score (nSPS) is 18.5. The lowest BCUT2D eigenvalue weighted by Gasteiger charge is -2.31. The van der Waals surface area contributed by atoms with Gasteiger partial charge in [0.25, 0.3) is 0 Å². The standard InChI is InChI=1S/C16H17ClN2/c17-13-6-8-15(9-7-13)19(16-10-11-18-12-16)14-4-2-1-3-5-14/h1-9,16,18H,10-12H2/t16-/m0/s1. The van der Waals surface area contributed by atoms with Gasteiger partial charge < -0.3 is 10.2 Å². The Bertz CT molecular complexity index is 518. The van der Waals surface area contributed by atoms with Crippen molar-refractivity contribution in [3.8, 4) is 0 Å². The van der Waals surface area contributed by atoms with Crippen LogP contribution in [0.4, 0.5) is 11.4 Å². The SMILES string of the molecule is Clc1ccc(N(c2ccccc2)[C@H]2CCNC2)cc1. The Balaban J connectivity index is 1.98. The number of halogens is 1. The maximum Gasteiger partial charge on any atom is 0.0478 e. The predicted octanol–water partition coefficient (Wildman–Crippen LogP) is 3.84. The van der Waals surface area contributed by atoms with Crippen LogP contribution < -0.4 is 10.2 Å². The molecule has 0 aliphatic carbocycles. The number of nitrogens with one attached hydrogen (secondary N) is 1. The Morgan fingerprint density at radius 3 is 2.26 bits per heavy atom. The molecule has 0 unspecified atom stereocenters. The van der Waals surface area contributed by atoms with Crippen molar-refractivity contribution in [2.75, 3.05) is 18.0 Å². The zero-order valence-electron chi connectivity index (χ0n) is 10.7. The van der Waals surface area contributed by atoms with Crippen LogP contribution in [0.3, 0.4) is 0 Å². The first-order valence-corrected chi connectivity index (χ1v) is 7.03. The Kier molecular flexibility index (Phi) is 3.72. The maximum absolute atomic E-state index is 5.99. The van der Waals surface area contributed by atoms with E-state index in [1.807, 2.05) is 12.1 Å². The lowest BCUT2D eigenvalue weighted by molar-refractivity contribution is 0.712. The van der Waals surface area contributed by atoms with Crippen molar-refractivity contribution in [3.05, 3.63) is 59.6 Å². The van der Waals surface area contributed by atoms with Crippen molar-refractivity contribution < 1.29 is 0 Å². The summed E-state index contributed by atoms with van der Waals surface area (Å²) in [4.78, 5) is 2.40. The van der Waals surface area contributed by atoms with Gasteiger partial charge in [-0.1, -0.05) is 29.8 Å². The van der Waals surface area contributed by atoms with E-state index in [2.05, 4.69) is 52.7 Å². The molecule has 98 valence electrons. The molecule has 0 spiro atoms. The number of hydrogen-bond donors (Lipinski definition) is 1.